The second-order valence-electron chi connectivity index (χ2n) is 9.98. The van der Waals surface area contributed by atoms with Gasteiger partial charge in [-0.2, -0.15) is 4.52 Å². The molecule has 1 aliphatic carbocycles. The van der Waals surface area contributed by atoms with E-state index in [1.54, 1.807) is 6.07 Å². The zero-order valence-corrected chi connectivity index (χ0v) is 21.5. The lowest BCUT2D eigenvalue weighted by molar-refractivity contribution is 0.0964. The van der Waals surface area contributed by atoms with Crippen LogP contribution < -0.4 is 15.1 Å². The maximum absolute atomic E-state index is 13.2. The van der Waals surface area contributed by atoms with Crippen molar-refractivity contribution in [2.75, 3.05) is 19.8 Å². The number of fused-ring (bicyclic) bond motifs is 1. The van der Waals surface area contributed by atoms with Crippen LogP contribution >= 0.6 is 12.4 Å². The molecule has 0 atom stereocenters. The Morgan fingerprint density at radius 3 is 2.57 bits per heavy atom. The summed E-state index contributed by atoms with van der Waals surface area (Å²) in [4.78, 5) is 13.2. The lowest BCUT2D eigenvalue weighted by Gasteiger charge is -2.21. The van der Waals surface area contributed by atoms with Crippen LogP contribution in [0.15, 0.2) is 24.3 Å². The van der Waals surface area contributed by atoms with E-state index >= 15 is 0 Å². The normalized spacial score (nSPS) is 13.5. The SMILES string of the molecule is Cc1cc(OCC2CC2)nn2c(=N)n(CC(=O)c3cc(OCCCO)cc(C(C)(C)C)c3)nc12.Cl. The van der Waals surface area contributed by atoms with Gasteiger partial charge in [-0.05, 0) is 54.9 Å². The van der Waals surface area contributed by atoms with Gasteiger partial charge in [0, 0.05) is 30.2 Å². The third-order valence-electron chi connectivity index (χ3n) is 5.88. The molecule has 2 heterocycles. The van der Waals surface area contributed by atoms with Gasteiger partial charge in [-0.15, -0.1) is 22.6 Å². The first-order valence-electron chi connectivity index (χ1n) is 11.7. The number of carbonyl (C=O) groups excluding carboxylic acids is 1. The smallest absolute Gasteiger partial charge is 0.242 e. The molecule has 4 rings (SSSR count). The van der Waals surface area contributed by atoms with Crippen LogP contribution in [0.4, 0.5) is 0 Å². The molecule has 3 aromatic rings. The summed E-state index contributed by atoms with van der Waals surface area (Å²) in [6.07, 6.45) is 2.88. The van der Waals surface area contributed by atoms with Gasteiger partial charge in [0.25, 0.3) is 0 Å². The predicted octanol–water partition coefficient (Wildman–Crippen LogP) is 3.47. The molecule has 0 radical (unpaired) electrons. The Kier molecular flexibility index (Phi) is 8.22. The van der Waals surface area contributed by atoms with Gasteiger partial charge in [0.05, 0.1) is 13.2 Å². The minimum Gasteiger partial charge on any atom is -0.493 e. The molecule has 0 spiro atoms. The van der Waals surface area contributed by atoms with Crippen molar-refractivity contribution in [1.82, 2.24) is 19.4 Å². The summed E-state index contributed by atoms with van der Waals surface area (Å²) >= 11 is 0. The van der Waals surface area contributed by atoms with Crippen molar-refractivity contribution in [1.29, 1.82) is 5.41 Å². The van der Waals surface area contributed by atoms with E-state index in [1.807, 2.05) is 25.1 Å². The van der Waals surface area contributed by atoms with E-state index in [0.717, 1.165) is 11.1 Å². The lowest BCUT2D eigenvalue weighted by Crippen LogP contribution is -2.26. The van der Waals surface area contributed by atoms with E-state index in [4.69, 9.17) is 20.0 Å². The number of halogens is 1. The monoisotopic (exact) mass is 503 g/mol. The summed E-state index contributed by atoms with van der Waals surface area (Å²) in [7, 11) is 0. The van der Waals surface area contributed by atoms with Crippen LogP contribution in [-0.4, -0.2) is 50.1 Å². The third-order valence-corrected chi connectivity index (χ3v) is 5.88. The molecule has 0 bridgehead atoms. The number of ketones is 1. The van der Waals surface area contributed by atoms with Crippen molar-refractivity contribution < 1.29 is 19.4 Å². The Balaban J connectivity index is 0.00000342. The van der Waals surface area contributed by atoms with Crippen molar-refractivity contribution in [3.8, 4) is 11.6 Å². The molecule has 9 nitrogen and oxygen atoms in total. The molecule has 1 fully saturated rings. The Labute approximate surface area is 211 Å². The van der Waals surface area contributed by atoms with Crippen LogP contribution in [0.2, 0.25) is 0 Å². The van der Waals surface area contributed by atoms with E-state index in [9.17, 15) is 4.79 Å². The van der Waals surface area contributed by atoms with Crippen LogP contribution in [0.25, 0.3) is 5.65 Å². The molecule has 35 heavy (non-hydrogen) atoms. The molecular formula is C25H34ClN5O4. The minimum atomic E-state index is -0.180. The van der Waals surface area contributed by atoms with Gasteiger partial charge in [-0.25, -0.2) is 4.68 Å². The van der Waals surface area contributed by atoms with Crippen LogP contribution in [0.3, 0.4) is 0 Å². The zero-order chi connectivity index (χ0) is 24.5. The molecule has 0 saturated heterocycles. The molecular weight excluding hydrogens is 470 g/mol. The topological polar surface area (TPSA) is 115 Å². The number of nitrogens with zero attached hydrogens (tertiary/aromatic N) is 4. The Morgan fingerprint density at radius 1 is 1.17 bits per heavy atom. The fourth-order valence-electron chi connectivity index (χ4n) is 3.56. The van der Waals surface area contributed by atoms with Gasteiger partial charge in [-0.1, -0.05) is 20.8 Å². The highest BCUT2D eigenvalue weighted by molar-refractivity contribution is 5.96. The van der Waals surface area contributed by atoms with Crippen LogP contribution in [-0.2, 0) is 12.0 Å². The molecule has 1 saturated carbocycles. The number of Topliss-reactive ketones (excluding diaryl/α,β-unsaturated/α-hetero) is 1. The molecule has 2 aromatic heterocycles. The number of nitrogens with one attached hydrogen (secondary N) is 1. The Hall–Kier alpha value is -2.91. The molecule has 1 aromatic carbocycles. The number of aryl methyl sites for hydroxylation is 1. The molecule has 0 amide bonds. The fourth-order valence-corrected chi connectivity index (χ4v) is 3.56. The van der Waals surface area contributed by atoms with Gasteiger partial charge in [0.15, 0.2) is 11.4 Å². The maximum atomic E-state index is 13.2. The summed E-state index contributed by atoms with van der Waals surface area (Å²) in [5, 5.41) is 26.5. The Bertz CT molecular complexity index is 1260. The highest BCUT2D eigenvalue weighted by Crippen LogP contribution is 2.30. The van der Waals surface area contributed by atoms with E-state index in [2.05, 4.69) is 31.0 Å². The van der Waals surface area contributed by atoms with Gasteiger partial charge < -0.3 is 14.6 Å². The van der Waals surface area contributed by atoms with Gasteiger partial charge in [0.2, 0.25) is 11.5 Å². The number of rotatable bonds is 10. The van der Waals surface area contributed by atoms with Gasteiger partial charge in [0.1, 0.15) is 12.3 Å². The summed E-state index contributed by atoms with van der Waals surface area (Å²) in [6, 6.07) is 7.33. The lowest BCUT2D eigenvalue weighted by atomic mass is 9.85. The second kappa shape index (κ2) is 10.8. The van der Waals surface area contributed by atoms with E-state index < -0.39 is 0 Å². The number of hydrogen-bond donors (Lipinski definition) is 2. The average molecular weight is 504 g/mol. The zero-order valence-electron chi connectivity index (χ0n) is 20.7. The average Bonchev–Trinajstić information content (AvgIpc) is 3.56. The van der Waals surface area contributed by atoms with Crippen LogP contribution in [0, 0.1) is 18.3 Å². The van der Waals surface area contributed by atoms with Crippen molar-refractivity contribution in [3.05, 3.63) is 46.6 Å². The second-order valence-corrected chi connectivity index (χ2v) is 9.98. The maximum Gasteiger partial charge on any atom is 0.242 e. The van der Waals surface area contributed by atoms with Crippen LogP contribution in [0.1, 0.15) is 61.5 Å². The number of aliphatic hydroxyl groups excluding tert-OH is 1. The largest absolute Gasteiger partial charge is 0.493 e. The van der Waals surface area contributed by atoms with Gasteiger partial charge >= 0.3 is 0 Å². The van der Waals surface area contributed by atoms with Crippen molar-refractivity contribution >= 4 is 23.8 Å². The minimum absolute atomic E-state index is 0. The summed E-state index contributed by atoms with van der Waals surface area (Å²) in [5.74, 6) is 1.47. The predicted molar refractivity (Wildman–Crippen MR) is 134 cm³/mol. The van der Waals surface area contributed by atoms with Gasteiger partial charge in [-0.3, -0.25) is 10.2 Å². The van der Waals surface area contributed by atoms with Crippen molar-refractivity contribution in [2.24, 2.45) is 5.92 Å². The van der Waals surface area contributed by atoms with E-state index in [0.29, 0.717) is 48.4 Å². The van der Waals surface area contributed by atoms with E-state index in [1.165, 1.54) is 22.0 Å². The third kappa shape index (κ3) is 6.41. The first kappa shape index (κ1) is 26.7. The standard InChI is InChI=1S/C25H33N5O4.ClH/c1-16-10-22(34-15-17-6-7-17)27-30-23(16)28-29(24(30)26)14-21(32)18-11-19(25(2,3)4)13-20(12-18)33-9-5-8-31;/h10-13,17,26,31H,5-9,14-15H2,1-4H3;1H. The van der Waals surface area contributed by atoms with Crippen molar-refractivity contribution in [3.63, 3.8) is 0 Å². The summed E-state index contributed by atoms with van der Waals surface area (Å²) in [6.45, 7) is 9.06. The molecule has 2 N–H and O–H groups in total. The molecule has 1 aliphatic rings. The summed E-state index contributed by atoms with van der Waals surface area (Å²) in [5.41, 5.74) is 2.64. The first-order chi connectivity index (χ1) is 16.2. The number of benzene rings is 1. The Morgan fingerprint density at radius 2 is 1.91 bits per heavy atom. The number of aliphatic hydroxyl groups is 1. The molecule has 10 heteroatoms. The highest BCUT2D eigenvalue weighted by Gasteiger charge is 2.23. The number of carbonyl (C=O) groups is 1. The molecule has 190 valence electrons. The number of aromatic nitrogens is 4. The molecule has 0 aliphatic heterocycles. The van der Waals surface area contributed by atoms with E-state index in [-0.39, 0.29) is 42.4 Å². The first-order valence-corrected chi connectivity index (χ1v) is 11.7. The molecule has 0 unspecified atom stereocenters. The fraction of sp³-hybridized carbons (Fsp3) is 0.520. The van der Waals surface area contributed by atoms with Crippen molar-refractivity contribution in [2.45, 2.75) is 58.9 Å². The summed E-state index contributed by atoms with van der Waals surface area (Å²) < 4.78 is 14.3. The highest BCUT2D eigenvalue weighted by atomic mass is 35.5. The quantitative estimate of drug-likeness (QED) is 0.323. The number of hydrogen-bond acceptors (Lipinski definition) is 7. The van der Waals surface area contributed by atoms with Crippen LogP contribution in [0.5, 0.6) is 11.6 Å². The number of ether oxygens (including phenoxy) is 2.